The molecule has 5 rings (SSSR count). The predicted molar refractivity (Wildman–Crippen MR) is 132 cm³/mol. The molecule has 1 unspecified atom stereocenters. The molecular formula is C25H22NO5PS. The normalized spacial score (nSPS) is 16.1. The van der Waals surface area contributed by atoms with E-state index in [1.807, 2.05) is 18.2 Å². The lowest BCUT2D eigenvalue weighted by atomic mass is 10.2. The number of fused-ring (bicyclic) bond motifs is 1. The molecule has 4 aromatic carbocycles. The monoisotopic (exact) mass is 479 g/mol. The van der Waals surface area contributed by atoms with Gasteiger partial charge in [-0.25, -0.2) is 8.42 Å². The van der Waals surface area contributed by atoms with Crippen LogP contribution in [0.2, 0.25) is 0 Å². The van der Waals surface area contributed by atoms with Crippen LogP contribution in [0.1, 0.15) is 11.3 Å². The number of anilines is 1. The lowest BCUT2D eigenvalue weighted by molar-refractivity contribution is 0.366. The number of rotatable bonds is 3. The molecule has 33 heavy (non-hydrogen) atoms. The number of phenolic OH excluding ortho intramolecular Hbond substituents is 1. The van der Waals surface area contributed by atoms with Gasteiger partial charge in [-0.2, -0.15) is 0 Å². The minimum atomic E-state index is -4.92. The van der Waals surface area contributed by atoms with Crippen molar-refractivity contribution in [2.24, 2.45) is 0 Å². The molecule has 1 aliphatic rings. The van der Waals surface area contributed by atoms with Crippen molar-refractivity contribution < 1.29 is 22.6 Å². The molecule has 0 radical (unpaired) electrons. The van der Waals surface area contributed by atoms with Crippen LogP contribution in [-0.4, -0.2) is 22.6 Å². The maximum absolute atomic E-state index is 10.8. The second-order valence-electron chi connectivity index (χ2n) is 7.44. The van der Waals surface area contributed by atoms with Gasteiger partial charge in [0.15, 0.2) is 5.78 Å². The molecule has 0 fully saturated rings. The zero-order chi connectivity index (χ0) is 23.5. The lowest BCUT2D eigenvalue weighted by Crippen LogP contribution is -2.32. The molecule has 6 nitrogen and oxygen atoms in total. The number of nitrogens with one attached hydrogen (secondary N) is 1. The van der Waals surface area contributed by atoms with Crippen molar-refractivity contribution in [3.63, 3.8) is 0 Å². The van der Waals surface area contributed by atoms with Crippen molar-refractivity contribution in [3.05, 3.63) is 115 Å². The Morgan fingerprint density at radius 1 is 0.727 bits per heavy atom. The Kier molecular flexibility index (Phi) is 6.49. The maximum atomic E-state index is 10.8. The molecular weight excluding hydrogens is 457 g/mol. The van der Waals surface area contributed by atoms with E-state index < -0.39 is 17.7 Å². The quantitative estimate of drug-likeness (QED) is 0.234. The summed E-state index contributed by atoms with van der Waals surface area (Å²) in [7, 11) is -6.99. The van der Waals surface area contributed by atoms with Crippen molar-refractivity contribution in [1.29, 1.82) is 0 Å². The Balaban J connectivity index is 0.000000471. The summed E-state index contributed by atoms with van der Waals surface area (Å²) in [6.45, 7) is 0. The highest BCUT2D eigenvalue weighted by atomic mass is 32.3. The van der Waals surface area contributed by atoms with Crippen LogP contribution in [-0.2, 0) is 10.4 Å². The van der Waals surface area contributed by atoms with Crippen LogP contribution in [0.4, 0.5) is 5.69 Å². The van der Waals surface area contributed by atoms with E-state index >= 15 is 0 Å². The average Bonchev–Trinajstić information content (AvgIpc) is 3.15. The van der Waals surface area contributed by atoms with Crippen molar-refractivity contribution in [2.45, 2.75) is 5.78 Å². The number of benzene rings is 4. The number of phenols is 1. The molecule has 0 saturated heterocycles. The summed E-state index contributed by atoms with van der Waals surface area (Å²) in [5.74, 6) is 0.319. The largest absolute Gasteiger partial charge is 0.726 e. The summed E-state index contributed by atoms with van der Waals surface area (Å²) in [6, 6.07) is 37.8. The van der Waals surface area contributed by atoms with E-state index in [2.05, 4.69) is 90.2 Å². The molecule has 0 saturated carbocycles. The second-order valence-corrected chi connectivity index (χ2v) is 11.8. The summed E-state index contributed by atoms with van der Waals surface area (Å²) in [6.07, 6.45) is 0. The molecule has 8 heteroatoms. The number of hydrogen-bond donors (Lipinski definition) is 3. The topological polar surface area (TPSA) is 110 Å². The smallest absolute Gasteiger partial charge is 0.215 e. The number of para-hydroxylation sites is 2. The Hall–Kier alpha value is -3.22. The zero-order valence-corrected chi connectivity index (χ0v) is 19.2. The van der Waals surface area contributed by atoms with Crippen LogP contribution in [0.5, 0.6) is 5.75 Å². The average molecular weight is 479 g/mol. The third-order valence-corrected chi connectivity index (χ3v) is 10.1. The standard InChI is InChI=1S/C25H20NOP.H2O4S/c27-23-17-9-7-15-21(23)25-26-22-16-8-10-18-24(22)28(25,19-11-3-1-4-12-19)20-13-5-2-6-14-20;1-5(2,3)4/h1-18,25-26H;(H2,1,2,3,4). The summed E-state index contributed by atoms with van der Waals surface area (Å²) in [5, 5.41) is 18.5. The Labute approximate surface area is 193 Å². The Morgan fingerprint density at radius 2 is 1.18 bits per heavy atom. The first kappa shape index (κ1) is 23.0. The SMILES string of the molecule is O=S(=O)([O-])O.Oc1ccccc1C1Nc2ccccc2[P+]1(c1ccccc1)c1ccccc1. The summed E-state index contributed by atoms with van der Waals surface area (Å²) < 4.78 is 32.8. The van der Waals surface area contributed by atoms with E-state index in [0.717, 1.165) is 11.3 Å². The minimum absolute atomic E-state index is 0.0177. The number of hydrogen-bond acceptors (Lipinski definition) is 5. The highest BCUT2D eigenvalue weighted by Crippen LogP contribution is 2.71. The number of aromatic hydroxyl groups is 1. The second kappa shape index (κ2) is 9.33. The van der Waals surface area contributed by atoms with Crippen LogP contribution in [0.15, 0.2) is 109 Å². The molecule has 1 aliphatic heterocycles. The lowest BCUT2D eigenvalue weighted by Gasteiger charge is -2.29. The molecule has 0 aliphatic carbocycles. The van der Waals surface area contributed by atoms with Gasteiger partial charge >= 0.3 is 0 Å². The van der Waals surface area contributed by atoms with E-state index in [-0.39, 0.29) is 5.78 Å². The van der Waals surface area contributed by atoms with Crippen LogP contribution in [0.3, 0.4) is 0 Å². The first-order chi connectivity index (χ1) is 15.8. The fraction of sp³-hybridized carbons (Fsp3) is 0.0400. The predicted octanol–water partition coefficient (Wildman–Crippen LogP) is 3.82. The van der Waals surface area contributed by atoms with Gasteiger partial charge in [-0.1, -0.05) is 60.7 Å². The highest BCUT2D eigenvalue weighted by molar-refractivity contribution is 7.96. The molecule has 0 amide bonds. The van der Waals surface area contributed by atoms with Crippen LogP contribution in [0.25, 0.3) is 0 Å². The van der Waals surface area contributed by atoms with E-state index in [9.17, 15) is 5.11 Å². The highest BCUT2D eigenvalue weighted by Gasteiger charge is 2.59. The van der Waals surface area contributed by atoms with Gasteiger partial charge in [0.2, 0.25) is 10.4 Å². The third kappa shape index (κ3) is 4.63. The van der Waals surface area contributed by atoms with Crippen LogP contribution < -0.4 is 21.2 Å². The van der Waals surface area contributed by atoms with Crippen LogP contribution >= 0.6 is 7.26 Å². The zero-order valence-electron chi connectivity index (χ0n) is 17.4. The van der Waals surface area contributed by atoms with Crippen LogP contribution in [0, 0.1) is 0 Å². The van der Waals surface area contributed by atoms with Crippen molar-refractivity contribution in [3.8, 4) is 5.75 Å². The summed E-state index contributed by atoms with van der Waals surface area (Å²) in [4.78, 5) is 0. The molecule has 0 bridgehead atoms. The molecule has 1 atom stereocenters. The third-order valence-electron chi connectivity index (χ3n) is 5.52. The van der Waals surface area contributed by atoms with Gasteiger partial charge in [0.25, 0.3) is 0 Å². The fourth-order valence-corrected chi connectivity index (χ4v) is 9.17. The van der Waals surface area contributed by atoms with Gasteiger partial charge in [0.05, 0.1) is 11.3 Å². The van der Waals surface area contributed by atoms with E-state index in [1.165, 1.54) is 15.9 Å². The Morgan fingerprint density at radius 3 is 1.73 bits per heavy atom. The van der Waals surface area contributed by atoms with Gasteiger partial charge < -0.3 is 15.0 Å². The van der Waals surface area contributed by atoms with Gasteiger partial charge in [-0.05, 0) is 48.5 Å². The van der Waals surface area contributed by atoms with Gasteiger partial charge in [-0.3, -0.25) is 4.55 Å². The first-order valence-electron chi connectivity index (χ1n) is 10.1. The Bertz CT molecular complexity index is 1300. The summed E-state index contributed by atoms with van der Waals surface area (Å²) in [5.41, 5.74) is 2.09. The van der Waals surface area contributed by atoms with Gasteiger partial charge in [-0.15, -0.1) is 0 Å². The fourth-order valence-electron chi connectivity index (χ4n) is 4.34. The van der Waals surface area contributed by atoms with Crippen molar-refractivity contribution >= 4 is 39.3 Å². The molecule has 0 spiro atoms. The molecule has 0 aromatic heterocycles. The van der Waals surface area contributed by atoms with Crippen molar-refractivity contribution in [2.75, 3.05) is 5.32 Å². The summed E-state index contributed by atoms with van der Waals surface area (Å²) >= 11 is 0. The first-order valence-corrected chi connectivity index (χ1v) is 13.4. The van der Waals surface area contributed by atoms with Gasteiger partial charge in [0, 0.05) is 0 Å². The van der Waals surface area contributed by atoms with Gasteiger partial charge in [0.1, 0.15) is 28.9 Å². The van der Waals surface area contributed by atoms with E-state index in [0.29, 0.717) is 5.75 Å². The van der Waals surface area contributed by atoms with E-state index in [4.69, 9.17) is 17.5 Å². The maximum Gasteiger partial charge on any atom is 0.215 e. The molecule has 3 N–H and O–H groups in total. The molecule has 168 valence electrons. The van der Waals surface area contributed by atoms with E-state index in [1.54, 1.807) is 6.07 Å². The molecule has 4 aromatic rings. The van der Waals surface area contributed by atoms with Crippen molar-refractivity contribution in [1.82, 2.24) is 0 Å². The molecule has 1 heterocycles. The minimum Gasteiger partial charge on any atom is -0.726 e.